The molecule has 0 saturated heterocycles. The van der Waals surface area contributed by atoms with Crippen LogP contribution in [-0.2, 0) is 0 Å². The van der Waals surface area contributed by atoms with Gasteiger partial charge in [0.25, 0.3) is 11.5 Å². The first kappa shape index (κ1) is 18.2. The fraction of sp³-hybridized carbons (Fsp3) is 0.368. The minimum Gasteiger partial charge on any atom is -0.495 e. The van der Waals surface area contributed by atoms with Crippen LogP contribution in [0.15, 0.2) is 35.5 Å². The Morgan fingerprint density at radius 2 is 2.14 bits per heavy atom. The van der Waals surface area contributed by atoms with E-state index in [-0.39, 0.29) is 17.6 Å². The van der Waals surface area contributed by atoms with Crippen LogP contribution in [-0.4, -0.2) is 43.8 Å². The zero-order chi connectivity index (χ0) is 19.8. The molecule has 0 bridgehead atoms. The Labute approximate surface area is 160 Å². The van der Waals surface area contributed by atoms with Crippen molar-refractivity contribution < 1.29 is 14.6 Å². The predicted molar refractivity (Wildman–Crippen MR) is 100 cm³/mol. The molecule has 1 aliphatic carbocycles. The number of methoxy groups -OCH3 is 1. The van der Waals surface area contributed by atoms with Gasteiger partial charge >= 0.3 is 0 Å². The molecule has 9 nitrogen and oxygen atoms in total. The molecule has 28 heavy (non-hydrogen) atoms. The molecule has 0 unspecified atom stereocenters. The Kier molecular flexibility index (Phi) is 4.60. The Hall–Kier alpha value is -3.20. The molecule has 3 aromatic heterocycles. The summed E-state index contributed by atoms with van der Waals surface area (Å²) in [6.07, 6.45) is 5.27. The van der Waals surface area contributed by atoms with Crippen LogP contribution in [0, 0.1) is 12.8 Å². The zero-order valence-electron chi connectivity index (χ0n) is 15.5. The largest absolute Gasteiger partial charge is 0.495 e. The molecule has 3 N–H and O–H groups in total. The third kappa shape index (κ3) is 3.24. The van der Waals surface area contributed by atoms with Crippen molar-refractivity contribution >= 4 is 11.6 Å². The van der Waals surface area contributed by atoms with Crippen molar-refractivity contribution in [3.8, 4) is 5.75 Å². The van der Waals surface area contributed by atoms with E-state index in [1.807, 2.05) is 6.92 Å². The van der Waals surface area contributed by atoms with Crippen LogP contribution >= 0.6 is 0 Å². The summed E-state index contributed by atoms with van der Waals surface area (Å²) in [7, 11) is 1.54. The average Bonchev–Trinajstić information content (AvgIpc) is 3.05. The Morgan fingerprint density at radius 3 is 2.86 bits per heavy atom. The van der Waals surface area contributed by atoms with E-state index in [1.54, 1.807) is 31.6 Å². The number of hydrogen-bond donors (Lipinski definition) is 3. The minimum absolute atomic E-state index is 0.0417. The van der Waals surface area contributed by atoms with Gasteiger partial charge in [-0.3, -0.25) is 19.7 Å². The van der Waals surface area contributed by atoms with Crippen molar-refractivity contribution in [2.75, 3.05) is 7.11 Å². The monoisotopic (exact) mass is 383 g/mol. The minimum atomic E-state index is -0.520. The van der Waals surface area contributed by atoms with E-state index in [0.717, 1.165) is 11.3 Å². The van der Waals surface area contributed by atoms with Crippen molar-refractivity contribution in [1.82, 2.24) is 24.9 Å². The standard InChI is InChI=1S/C19H21N5O4/c1-10-3-16-21-9-15(19(27)24(16)23-10)18(26)22-17(11-4-13(25)5-11)12-6-14(28-2)8-20-7-12/h3,6-9,11,13,17,23,25H,4-5H2,1-2H3,(H,22,26)/t11?,13?,17-/m0/s1. The third-order valence-electron chi connectivity index (χ3n) is 5.10. The van der Waals surface area contributed by atoms with Gasteiger partial charge in [0.2, 0.25) is 0 Å². The van der Waals surface area contributed by atoms with Gasteiger partial charge in [0.15, 0.2) is 5.65 Å². The number of aliphatic hydroxyl groups is 1. The Balaban J connectivity index is 1.65. The molecular formula is C19H21N5O4. The molecule has 9 heteroatoms. The lowest BCUT2D eigenvalue weighted by Gasteiger charge is -2.38. The molecule has 1 atom stereocenters. The van der Waals surface area contributed by atoms with E-state index in [4.69, 9.17) is 4.74 Å². The van der Waals surface area contributed by atoms with Crippen molar-refractivity contribution in [3.63, 3.8) is 0 Å². The molecule has 1 saturated carbocycles. The van der Waals surface area contributed by atoms with Crippen LogP contribution in [0.25, 0.3) is 5.65 Å². The number of aromatic nitrogens is 4. The second kappa shape index (κ2) is 7.08. The normalized spacial score (nSPS) is 19.8. The smallest absolute Gasteiger partial charge is 0.285 e. The number of H-pyrrole nitrogens is 1. The average molecular weight is 383 g/mol. The number of ether oxygens (including phenoxy) is 1. The summed E-state index contributed by atoms with van der Waals surface area (Å²) in [5.74, 6) is 0.0926. The number of nitrogens with one attached hydrogen (secondary N) is 2. The van der Waals surface area contributed by atoms with Gasteiger partial charge in [0.1, 0.15) is 11.3 Å². The summed E-state index contributed by atoms with van der Waals surface area (Å²) in [5.41, 5.74) is 1.46. The summed E-state index contributed by atoms with van der Waals surface area (Å²) >= 11 is 0. The van der Waals surface area contributed by atoms with Crippen LogP contribution in [0.3, 0.4) is 0 Å². The second-order valence-corrected chi connectivity index (χ2v) is 7.10. The van der Waals surface area contributed by atoms with E-state index < -0.39 is 17.5 Å². The molecule has 3 heterocycles. The Bertz CT molecular complexity index is 1080. The number of nitrogens with zero attached hydrogens (tertiary/aromatic N) is 3. The van der Waals surface area contributed by atoms with E-state index in [0.29, 0.717) is 24.2 Å². The molecule has 0 radical (unpaired) electrons. The van der Waals surface area contributed by atoms with Crippen LogP contribution in [0.5, 0.6) is 5.75 Å². The van der Waals surface area contributed by atoms with Gasteiger partial charge in [-0.05, 0) is 37.3 Å². The molecule has 146 valence electrons. The van der Waals surface area contributed by atoms with Crippen LogP contribution < -0.4 is 15.6 Å². The second-order valence-electron chi connectivity index (χ2n) is 7.10. The molecular weight excluding hydrogens is 362 g/mol. The highest BCUT2D eigenvalue weighted by Gasteiger charge is 2.36. The topological polar surface area (TPSA) is 122 Å². The number of aromatic amines is 1. The molecule has 0 spiro atoms. The zero-order valence-corrected chi connectivity index (χ0v) is 15.5. The van der Waals surface area contributed by atoms with Crippen molar-refractivity contribution in [1.29, 1.82) is 0 Å². The lowest BCUT2D eigenvalue weighted by Crippen LogP contribution is -2.42. The SMILES string of the molecule is COc1cncc([C@@H](NC(=O)c2cnc3cc(C)[nH]n3c2=O)C2CC(O)C2)c1. The maximum atomic E-state index is 12.9. The predicted octanol–water partition coefficient (Wildman–Crippen LogP) is 0.977. The Morgan fingerprint density at radius 1 is 1.36 bits per heavy atom. The molecule has 3 aromatic rings. The van der Waals surface area contributed by atoms with Gasteiger partial charge in [-0.2, -0.15) is 0 Å². The number of amides is 1. The number of rotatable bonds is 5. The van der Waals surface area contributed by atoms with Gasteiger partial charge in [0, 0.05) is 24.2 Å². The lowest BCUT2D eigenvalue weighted by molar-refractivity contribution is 0.0234. The van der Waals surface area contributed by atoms with E-state index in [9.17, 15) is 14.7 Å². The van der Waals surface area contributed by atoms with Gasteiger partial charge in [0.05, 0.1) is 25.5 Å². The summed E-state index contributed by atoms with van der Waals surface area (Å²) in [4.78, 5) is 33.9. The van der Waals surface area contributed by atoms with Crippen LogP contribution in [0.1, 0.15) is 40.5 Å². The fourth-order valence-corrected chi connectivity index (χ4v) is 3.55. The first-order valence-corrected chi connectivity index (χ1v) is 9.01. The first-order valence-electron chi connectivity index (χ1n) is 9.01. The molecule has 1 fully saturated rings. The highest BCUT2D eigenvalue weighted by Crippen LogP contribution is 2.38. The summed E-state index contributed by atoms with van der Waals surface area (Å²) in [5, 5.41) is 15.5. The third-order valence-corrected chi connectivity index (χ3v) is 5.10. The number of aryl methyl sites for hydroxylation is 1. The number of carbonyl (C=O) groups is 1. The summed E-state index contributed by atoms with van der Waals surface area (Å²) < 4.78 is 6.47. The number of aliphatic hydroxyl groups excluding tert-OH is 1. The van der Waals surface area contributed by atoms with Crippen LogP contribution in [0.2, 0.25) is 0 Å². The first-order chi connectivity index (χ1) is 13.5. The number of carbonyl (C=O) groups excluding carboxylic acids is 1. The van der Waals surface area contributed by atoms with Gasteiger partial charge < -0.3 is 15.2 Å². The quantitative estimate of drug-likeness (QED) is 0.604. The van der Waals surface area contributed by atoms with E-state index >= 15 is 0 Å². The maximum Gasteiger partial charge on any atom is 0.285 e. The fourth-order valence-electron chi connectivity index (χ4n) is 3.55. The highest BCUT2D eigenvalue weighted by atomic mass is 16.5. The van der Waals surface area contributed by atoms with E-state index in [2.05, 4.69) is 20.4 Å². The van der Waals surface area contributed by atoms with Crippen LogP contribution in [0.4, 0.5) is 0 Å². The highest BCUT2D eigenvalue weighted by molar-refractivity contribution is 5.94. The molecule has 0 aromatic carbocycles. The summed E-state index contributed by atoms with van der Waals surface area (Å²) in [6.45, 7) is 1.81. The molecule has 0 aliphatic heterocycles. The van der Waals surface area contributed by atoms with Crippen molar-refractivity contribution in [3.05, 3.63) is 57.9 Å². The van der Waals surface area contributed by atoms with Gasteiger partial charge in [-0.1, -0.05) is 0 Å². The maximum absolute atomic E-state index is 12.9. The molecule has 1 amide bonds. The van der Waals surface area contributed by atoms with Crippen molar-refractivity contribution in [2.24, 2.45) is 5.92 Å². The lowest BCUT2D eigenvalue weighted by atomic mass is 9.75. The molecule has 1 aliphatic rings. The number of fused-ring (bicyclic) bond motifs is 1. The molecule has 4 rings (SSSR count). The number of hydrogen-bond acceptors (Lipinski definition) is 6. The number of pyridine rings is 1. The van der Waals surface area contributed by atoms with Crippen molar-refractivity contribution in [2.45, 2.75) is 31.9 Å². The van der Waals surface area contributed by atoms with Gasteiger partial charge in [-0.25, -0.2) is 9.50 Å². The van der Waals surface area contributed by atoms with E-state index in [1.165, 1.54) is 10.7 Å². The summed E-state index contributed by atoms with van der Waals surface area (Å²) in [6, 6.07) is 3.12. The van der Waals surface area contributed by atoms with Gasteiger partial charge in [-0.15, -0.1) is 0 Å².